The van der Waals surface area contributed by atoms with Crippen molar-refractivity contribution in [2.75, 3.05) is 5.73 Å². The summed E-state index contributed by atoms with van der Waals surface area (Å²) < 4.78 is 0. The van der Waals surface area contributed by atoms with E-state index in [4.69, 9.17) is 5.73 Å². The Morgan fingerprint density at radius 3 is 2.80 bits per heavy atom. The van der Waals surface area contributed by atoms with Gasteiger partial charge in [-0.3, -0.25) is 4.98 Å². The van der Waals surface area contributed by atoms with Crippen molar-refractivity contribution in [1.82, 2.24) is 19.9 Å². The number of anilines is 1. The van der Waals surface area contributed by atoms with Crippen LogP contribution in [0.3, 0.4) is 0 Å². The topological polar surface area (TPSA) is 77.6 Å². The van der Waals surface area contributed by atoms with Crippen molar-refractivity contribution in [3.8, 4) is 0 Å². The molecule has 0 unspecified atom stereocenters. The van der Waals surface area contributed by atoms with Gasteiger partial charge in [0.25, 0.3) is 0 Å². The molecule has 76 valence electrons. The first-order valence-electron chi connectivity index (χ1n) is 4.30. The molecule has 0 aliphatic heterocycles. The summed E-state index contributed by atoms with van der Waals surface area (Å²) in [5.74, 6) is 1.16. The average Bonchev–Trinajstić information content (AvgIpc) is 2.30. The van der Waals surface area contributed by atoms with Crippen LogP contribution in [0.4, 0.5) is 5.82 Å². The van der Waals surface area contributed by atoms with Crippen LogP contribution in [0.1, 0.15) is 5.69 Å². The molecule has 2 aromatic heterocycles. The van der Waals surface area contributed by atoms with Gasteiger partial charge in [-0.2, -0.15) is 0 Å². The average molecular weight is 219 g/mol. The lowest BCUT2D eigenvalue weighted by Crippen LogP contribution is -1.94. The van der Waals surface area contributed by atoms with Gasteiger partial charge in [0.05, 0.1) is 23.1 Å². The summed E-state index contributed by atoms with van der Waals surface area (Å²) in [6.45, 7) is 0. The van der Waals surface area contributed by atoms with E-state index in [2.05, 4.69) is 19.9 Å². The molecule has 0 aliphatic rings. The molecule has 2 rings (SSSR count). The summed E-state index contributed by atoms with van der Waals surface area (Å²) in [4.78, 5) is 16.0. The summed E-state index contributed by atoms with van der Waals surface area (Å²) >= 11 is 1.58. The summed E-state index contributed by atoms with van der Waals surface area (Å²) in [5, 5.41) is 0.920. The molecule has 0 saturated carbocycles. The number of nitrogen functional groups attached to an aromatic ring is 1. The van der Waals surface area contributed by atoms with Crippen LogP contribution >= 0.6 is 11.8 Å². The Labute approximate surface area is 91.2 Å². The molecule has 0 radical (unpaired) electrons. The highest BCUT2D eigenvalue weighted by Crippen LogP contribution is 2.18. The molecule has 15 heavy (non-hydrogen) atoms. The maximum atomic E-state index is 5.43. The van der Waals surface area contributed by atoms with Crippen LogP contribution in [0.2, 0.25) is 0 Å². The third-order valence-electron chi connectivity index (χ3n) is 1.65. The number of aromatic nitrogens is 4. The lowest BCUT2D eigenvalue weighted by atomic mass is 10.5. The minimum absolute atomic E-state index is 0.436. The molecule has 0 saturated heterocycles. The minimum atomic E-state index is 0.436. The van der Waals surface area contributed by atoms with E-state index < -0.39 is 0 Å². The van der Waals surface area contributed by atoms with Crippen LogP contribution in [0.5, 0.6) is 0 Å². The minimum Gasteiger partial charge on any atom is -0.382 e. The highest BCUT2D eigenvalue weighted by atomic mass is 32.2. The van der Waals surface area contributed by atoms with Crippen molar-refractivity contribution in [3.63, 3.8) is 0 Å². The van der Waals surface area contributed by atoms with Gasteiger partial charge < -0.3 is 5.73 Å². The van der Waals surface area contributed by atoms with Crippen molar-refractivity contribution in [2.24, 2.45) is 0 Å². The Balaban J connectivity index is 1.96. The van der Waals surface area contributed by atoms with Gasteiger partial charge in [-0.1, -0.05) is 11.8 Å². The van der Waals surface area contributed by atoms with E-state index in [0.29, 0.717) is 5.82 Å². The SMILES string of the molecule is Nc1cnc(CSc2ccncn2)cn1. The zero-order valence-electron chi connectivity index (χ0n) is 7.87. The molecule has 0 amide bonds. The highest BCUT2D eigenvalue weighted by Gasteiger charge is 1.98. The molecular formula is C9H9N5S. The van der Waals surface area contributed by atoms with Gasteiger partial charge in [-0.15, -0.1) is 0 Å². The largest absolute Gasteiger partial charge is 0.382 e. The molecule has 2 heterocycles. The Morgan fingerprint density at radius 2 is 2.13 bits per heavy atom. The van der Waals surface area contributed by atoms with E-state index in [-0.39, 0.29) is 0 Å². The zero-order valence-corrected chi connectivity index (χ0v) is 8.68. The fraction of sp³-hybridized carbons (Fsp3) is 0.111. The quantitative estimate of drug-likeness (QED) is 0.616. The summed E-state index contributed by atoms with van der Waals surface area (Å²) in [6.07, 6.45) is 6.46. The normalized spacial score (nSPS) is 10.1. The van der Waals surface area contributed by atoms with Gasteiger partial charge in [-0.05, 0) is 6.07 Å². The maximum Gasteiger partial charge on any atom is 0.141 e. The van der Waals surface area contributed by atoms with Crippen molar-refractivity contribution in [3.05, 3.63) is 36.7 Å². The molecule has 0 fully saturated rings. The van der Waals surface area contributed by atoms with Crippen molar-refractivity contribution in [1.29, 1.82) is 0 Å². The molecule has 0 aliphatic carbocycles. The lowest BCUT2D eigenvalue weighted by molar-refractivity contribution is 1.04. The number of hydrogen-bond acceptors (Lipinski definition) is 6. The number of nitrogens with two attached hydrogens (primary N) is 1. The summed E-state index contributed by atoms with van der Waals surface area (Å²) in [5.41, 5.74) is 6.32. The Hall–Kier alpha value is -1.69. The first-order valence-corrected chi connectivity index (χ1v) is 5.28. The van der Waals surface area contributed by atoms with Crippen LogP contribution in [-0.2, 0) is 5.75 Å². The number of hydrogen-bond donors (Lipinski definition) is 1. The standard InChI is InChI=1S/C9H9N5S/c10-8-4-12-7(3-13-8)5-15-9-1-2-11-6-14-9/h1-4,6H,5H2,(H2,10,13). The maximum absolute atomic E-state index is 5.43. The molecular weight excluding hydrogens is 210 g/mol. The van der Waals surface area contributed by atoms with Gasteiger partial charge in [0.2, 0.25) is 0 Å². The molecule has 6 heteroatoms. The van der Waals surface area contributed by atoms with Gasteiger partial charge >= 0.3 is 0 Å². The van der Waals surface area contributed by atoms with Crippen LogP contribution in [0.15, 0.2) is 36.0 Å². The number of nitrogens with zero attached hydrogens (tertiary/aromatic N) is 4. The Bertz CT molecular complexity index is 416. The van der Waals surface area contributed by atoms with E-state index in [1.54, 1.807) is 30.4 Å². The van der Waals surface area contributed by atoms with E-state index in [1.165, 1.54) is 6.33 Å². The first kappa shape index (κ1) is 9.85. The van der Waals surface area contributed by atoms with E-state index in [0.717, 1.165) is 16.5 Å². The smallest absolute Gasteiger partial charge is 0.141 e. The number of thioether (sulfide) groups is 1. The van der Waals surface area contributed by atoms with Crippen molar-refractivity contribution in [2.45, 2.75) is 10.8 Å². The second-order valence-electron chi connectivity index (χ2n) is 2.77. The van der Waals surface area contributed by atoms with Gasteiger partial charge in [0.15, 0.2) is 0 Å². The third kappa shape index (κ3) is 2.88. The molecule has 0 atom stereocenters. The molecule has 2 aromatic rings. The molecule has 2 N–H and O–H groups in total. The fourth-order valence-corrected chi connectivity index (χ4v) is 1.67. The third-order valence-corrected chi connectivity index (χ3v) is 2.63. The monoisotopic (exact) mass is 219 g/mol. The molecule has 0 aromatic carbocycles. The summed E-state index contributed by atoms with van der Waals surface area (Å²) in [6, 6.07) is 1.86. The van der Waals surface area contributed by atoms with Crippen LogP contribution in [-0.4, -0.2) is 19.9 Å². The fourth-order valence-electron chi connectivity index (χ4n) is 0.951. The van der Waals surface area contributed by atoms with Crippen LogP contribution in [0.25, 0.3) is 0 Å². The molecule has 0 bridgehead atoms. The van der Waals surface area contributed by atoms with Crippen LogP contribution in [0, 0.1) is 0 Å². The summed E-state index contributed by atoms with van der Waals surface area (Å²) in [7, 11) is 0. The Morgan fingerprint density at radius 1 is 1.20 bits per heavy atom. The van der Waals surface area contributed by atoms with Gasteiger partial charge in [-0.25, -0.2) is 15.0 Å². The second kappa shape index (κ2) is 4.70. The second-order valence-corrected chi connectivity index (χ2v) is 3.76. The van der Waals surface area contributed by atoms with Crippen molar-refractivity contribution < 1.29 is 0 Å². The van der Waals surface area contributed by atoms with E-state index in [1.807, 2.05) is 6.07 Å². The predicted molar refractivity (Wildman–Crippen MR) is 58.0 cm³/mol. The van der Waals surface area contributed by atoms with E-state index in [9.17, 15) is 0 Å². The Kier molecular flexibility index (Phi) is 3.08. The van der Waals surface area contributed by atoms with Crippen LogP contribution < -0.4 is 5.73 Å². The molecule has 0 spiro atoms. The molecule has 5 nitrogen and oxygen atoms in total. The zero-order chi connectivity index (χ0) is 10.5. The first-order chi connectivity index (χ1) is 7.34. The lowest BCUT2D eigenvalue weighted by Gasteiger charge is -1.99. The van der Waals surface area contributed by atoms with E-state index >= 15 is 0 Å². The van der Waals surface area contributed by atoms with Crippen molar-refractivity contribution >= 4 is 17.6 Å². The number of rotatable bonds is 3. The van der Waals surface area contributed by atoms with Gasteiger partial charge in [0, 0.05) is 11.9 Å². The highest BCUT2D eigenvalue weighted by molar-refractivity contribution is 7.98. The van der Waals surface area contributed by atoms with Gasteiger partial charge in [0.1, 0.15) is 12.1 Å². The predicted octanol–water partition coefficient (Wildman–Crippen LogP) is 1.14.